The summed E-state index contributed by atoms with van der Waals surface area (Å²) in [5.41, 5.74) is -0.169. The van der Waals surface area contributed by atoms with E-state index in [0.717, 1.165) is 30.7 Å². The summed E-state index contributed by atoms with van der Waals surface area (Å²) in [6.07, 6.45) is 3.78. The van der Waals surface area contributed by atoms with E-state index in [-0.39, 0.29) is 43.2 Å². The number of aromatic nitrogens is 2. The maximum absolute atomic E-state index is 14.7. The van der Waals surface area contributed by atoms with Crippen molar-refractivity contribution in [1.29, 1.82) is 0 Å². The molecule has 3 saturated heterocycles. The first-order valence-electron chi connectivity index (χ1n) is 19.9. The number of fused-ring (bicyclic) bond motifs is 3. The van der Waals surface area contributed by atoms with Crippen LogP contribution >= 0.6 is 22.9 Å². The minimum absolute atomic E-state index is 0.0149. The van der Waals surface area contributed by atoms with Crippen LogP contribution in [0.3, 0.4) is 0 Å². The van der Waals surface area contributed by atoms with E-state index in [4.69, 9.17) is 40.5 Å². The number of hydrogen-bond donors (Lipinski definition) is 3. The lowest BCUT2D eigenvalue weighted by molar-refractivity contribution is -0.142. The molecule has 8 atom stereocenters. The lowest BCUT2D eigenvalue weighted by Crippen LogP contribution is -2.59. The van der Waals surface area contributed by atoms with Gasteiger partial charge in [-0.2, -0.15) is 0 Å². The Morgan fingerprint density at radius 2 is 1.82 bits per heavy atom. The fourth-order valence-electron chi connectivity index (χ4n) is 8.37. The maximum Gasteiger partial charge on any atom is 0.408 e. The highest BCUT2D eigenvalue weighted by molar-refractivity contribution is 7.14. The fraction of sp³-hybridized carbons (Fsp3) is 0.610. The Bertz CT molecular complexity index is 2010. The molecule has 14 nitrogen and oxygen atoms in total. The summed E-state index contributed by atoms with van der Waals surface area (Å²) in [6.45, 7) is 11.6. The number of nitrogens with one attached hydrogen (secondary N) is 3. The van der Waals surface area contributed by atoms with Crippen LogP contribution in [0.2, 0.25) is 5.02 Å². The van der Waals surface area contributed by atoms with E-state index < -0.39 is 47.0 Å². The van der Waals surface area contributed by atoms with E-state index in [1.807, 2.05) is 53.0 Å². The Kier molecular flexibility index (Phi) is 11.6. The van der Waals surface area contributed by atoms with Crippen molar-refractivity contribution in [3.8, 4) is 22.9 Å². The molecule has 57 heavy (non-hydrogen) atoms. The van der Waals surface area contributed by atoms with Crippen LogP contribution in [-0.4, -0.2) is 101 Å². The predicted octanol–water partition coefficient (Wildman–Crippen LogP) is 6.52. The van der Waals surface area contributed by atoms with Crippen molar-refractivity contribution in [2.75, 3.05) is 19.0 Å². The first kappa shape index (κ1) is 41.0. The van der Waals surface area contributed by atoms with Crippen LogP contribution in [0.1, 0.15) is 86.5 Å². The lowest BCUT2D eigenvalue weighted by Gasteiger charge is -2.36. The second-order valence-electron chi connectivity index (χ2n) is 17.2. The molecule has 1 saturated carbocycles. The number of methoxy groups -OCH3 is 1. The number of anilines is 1. The summed E-state index contributed by atoms with van der Waals surface area (Å²) in [6, 6.07) is 3.47. The number of ether oxygens (including phenoxy) is 4. The fourth-order valence-corrected chi connectivity index (χ4v) is 9.51. The number of amides is 3. The summed E-state index contributed by atoms with van der Waals surface area (Å²) in [4.78, 5) is 65.7. The Hall–Kier alpha value is -4.21. The van der Waals surface area contributed by atoms with Gasteiger partial charge in [-0.05, 0) is 56.6 Å². The average molecular weight is 825 g/mol. The number of hydrogen-bond acceptors (Lipinski definition) is 12. The van der Waals surface area contributed by atoms with Crippen LogP contribution in [0.4, 0.5) is 9.93 Å². The zero-order valence-electron chi connectivity index (χ0n) is 33.6. The van der Waals surface area contributed by atoms with E-state index in [0.29, 0.717) is 58.1 Å². The van der Waals surface area contributed by atoms with Crippen LogP contribution in [0, 0.1) is 11.3 Å². The third-order valence-corrected chi connectivity index (χ3v) is 12.6. The van der Waals surface area contributed by atoms with Gasteiger partial charge < -0.3 is 44.6 Å². The highest BCUT2D eigenvalue weighted by Crippen LogP contribution is 2.45. The summed E-state index contributed by atoms with van der Waals surface area (Å²) >= 11 is 8.29. The third kappa shape index (κ3) is 8.66. The predicted molar refractivity (Wildman–Crippen MR) is 217 cm³/mol. The van der Waals surface area contributed by atoms with E-state index >= 15 is 0 Å². The molecule has 4 fully saturated rings. The molecule has 3 aliphatic heterocycles. The Labute approximate surface area is 342 Å². The van der Waals surface area contributed by atoms with Gasteiger partial charge in [-0.25, -0.2) is 14.8 Å². The van der Waals surface area contributed by atoms with Crippen molar-refractivity contribution >= 4 is 63.2 Å². The molecular weight excluding hydrogens is 772 g/mol. The molecule has 3 amide bonds. The molecule has 0 spiro atoms. The first-order chi connectivity index (χ1) is 27.1. The largest absolute Gasteiger partial charge is 0.495 e. The molecule has 2 bridgehead atoms. The second kappa shape index (κ2) is 16.2. The zero-order chi connectivity index (χ0) is 40.8. The Balaban J connectivity index is 1.18. The Morgan fingerprint density at radius 1 is 1.09 bits per heavy atom. The first-order valence-corrected chi connectivity index (χ1v) is 21.1. The van der Waals surface area contributed by atoms with Gasteiger partial charge in [-0.1, -0.05) is 45.7 Å². The van der Waals surface area contributed by atoms with Gasteiger partial charge in [0, 0.05) is 42.1 Å². The number of pyridine rings is 1. The van der Waals surface area contributed by atoms with Crippen LogP contribution in [0.15, 0.2) is 23.6 Å². The number of halogens is 1. The minimum atomic E-state index is -1.04. The quantitative estimate of drug-likeness (QED) is 0.160. The molecule has 3 aromatic rings. The number of rotatable bonds is 13. The van der Waals surface area contributed by atoms with Crippen molar-refractivity contribution in [2.45, 2.75) is 135 Å². The molecule has 3 N–H and O–H groups in total. The van der Waals surface area contributed by atoms with Gasteiger partial charge in [0.05, 0.1) is 42.6 Å². The topological polar surface area (TPSA) is 170 Å². The van der Waals surface area contributed by atoms with E-state index in [9.17, 15) is 19.2 Å². The smallest absolute Gasteiger partial charge is 0.408 e. The number of nitrogens with zero attached hydrogens (tertiary/aromatic N) is 3. The highest BCUT2D eigenvalue weighted by Gasteiger charge is 2.56. The molecular formula is C41H53ClN6O8S. The van der Waals surface area contributed by atoms with Crippen LogP contribution in [-0.2, 0) is 23.9 Å². The van der Waals surface area contributed by atoms with Gasteiger partial charge in [-0.3, -0.25) is 9.59 Å². The number of aldehydes is 1. The molecule has 4 unspecified atom stereocenters. The summed E-state index contributed by atoms with van der Waals surface area (Å²) in [7, 11) is 1.53. The number of carbonyl (C=O) groups is 4. The highest BCUT2D eigenvalue weighted by atomic mass is 35.5. The maximum atomic E-state index is 14.7. The molecule has 1 aliphatic carbocycles. The SMILES string of the molecule is CCC1C[C@@]1(C=O)NC(=O)C1C[C@@H](Oc2cc(-c3csc(NC(C)C)n3)nc3c(Cl)c(OC)ccc23)CN1C(=O)C(NC(=O)OC1C[C@H]2CC[C@@H](C1)O2)C(C)(C)C. The van der Waals surface area contributed by atoms with Crippen molar-refractivity contribution in [3.63, 3.8) is 0 Å². The molecule has 7 rings (SSSR count). The van der Waals surface area contributed by atoms with Crippen LogP contribution in [0.5, 0.6) is 11.5 Å². The molecule has 2 aromatic heterocycles. The van der Waals surface area contributed by atoms with Crippen LogP contribution < -0.4 is 25.4 Å². The van der Waals surface area contributed by atoms with Crippen LogP contribution in [0.25, 0.3) is 22.3 Å². The van der Waals surface area contributed by atoms with E-state index in [1.165, 1.54) is 23.3 Å². The van der Waals surface area contributed by atoms with Crippen molar-refractivity contribution < 1.29 is 38.1 Å². The Morgan fingerprint density at radius 3 is 2.46 bits per heavy atom. The van der Waals surface area contributed by atoms with Crippen molar-refractivity contribution in [1.82, 2.24) is 25.5 Å². The van der Waals surface area contributed by atoms with Crippen molar-refractivity contribution in [3.05, 3.63) is 28.6 Å². The third-order valence-electron chi connectivity index (χ3n) is 11.5. The van der Waals surface area contributed by atoms with Gasteiger partial charge in [0.15, 0.2) is 5.13 Å². The van der Waals surface area contributed by atoms with Gasteiger partial charge >= 0.3 is 6.09 Å². The van der Waals surface area contributed by atoms with Crippen molar-refractivity contribution in [2.24, 2.45) is 11.3 Å². The number of thiazole rings is 1. The molecule has 0 radical (unpaired) electrons. The van der Waals surface area contributed by atoms with Gasteiger partial charge in [0.1, 0.15) is 52.8 Å². The standard InChI is InChI=1S/C41H53ClN6O8S/c1-8-22-17-41(22,20-49)47-36(50)30-15-26(18-48(30)37(51)35(40(4,5)6)46-39(52)56-25-13-23-9-10-24(14-25)54-23)55-32-16-28(29-19-57-38(45-29)43-21(2)3)44-34-27(32)11-12-31(53-7)33(34)42/h11-12,16,19-26,30,35H,8-10,13-15,17-18H2,1-7H3,(H,43,45)(H,46,52)(H,47,50)/t22?,23-,24+,25?,26-,30?,35?,41+/m1/s1. The van der Waals surface area contributed by atoms with E-state index in [1.54, 1.807) is 12.1 Å². The zero-order valence-corrected chi connectivity index (χ0v) is 35.1. The molecule has 16 heteroatoms. The molecule has 1 aromatic carbocycles. The summed E-state index contributed by atoms with van der Waals surface area (Å²) < 4.78 is 24.0. The molecule has 4 aliphatic rings. The summed E-state index contributed by atoms with van der Waals surface area (Å²) in [5.74, 6) is -0.0253. The average Bonchev–Trinajstić information content (AvgIpc) is 3.45. The lowest BCUT2D eigenvalue weighted by atomic mass is 9.85. The normalized spacial score (nSPS) is 27.2. The number of alkyl carbamates (subject to hydrolysis) is 1. The molecule has 308 valence electrons. The molecule has 5 heterocycles. The van der Waals surface area contributed by atoms with Gasteiger partial charge in [0.2, 0.25) is 11.8 Å². The minimum Gasteiger partial charge on any atom is -0.495 e. The monoisotopic (exact) mass is 824 g/mol. The van der Waals surface area contributed by atoms with Gasteiger partial charge in [-0.15, -0.1) is 11.3 Å². The second-order valence-corrected chi connectivity index (χ2v) is 18.4. The number of likely N-dealkylation sites (tertiary alicyclic amines) is 1. The van der Waals surface area contributed by atoms with E-state index in [2.05, 4.69) is 16.0 Å². The summed E-state index contributed by atoms with van der Waals surface area (Å²) in [5, 5.41) is 12.7. The van der Waals surface area contributed by atoms with Gasteiger partial charge in [0.25, 0.3) is 0 Å². The number of carbonyl (C=O) groups excluding carboxylic acids is 4. The number of benzene rings is 1.